The second kappa shape index (κ2) is 5.00. The van der Waals surface area contributed by atoms with Crippen molar-refractivity contribution in [2.24, 2.45) is 11.3 Å². The highest BCUT2D eigenvalue weighted by atomic mass is 16.2. The van der Waals surface area contributed by atoms with Gasteiger partial charge in [0.1, 0.15) is 0 Å². The van der Waals surface area contributed by atoms with Gasteiger partial charge in [0.25, 0.3) is 0 Å². The van der Waals surface area contributed by atoms with Gasteiger partial charge in [-0.2, -0.15) is 0 Å². The zero-order valence-electron chi connectivity index (χ0n) is 11.7. The van der Waals surface area contributed by atoms with Crippen molar-refractivity contribution in [2.45, 2.75) is 52.5 Å². The van der Waals surface area contributed by atoms with Crippen LogP contribution >= 0.6 is 0 Å². The summed E-state index contributed by atoms with van der Waals surface area (Å²) in [6, 6.07) is 0.551. The van der Waals surface area contributed by atoms with Crippen LogP contribution in [0.2, 0.25) is 0 Å². The Hall–Kier alpha value is -0.900. The summed E-state index contributed by atoms with van der Waals surface area (Å²) in [6.45, 7) is 8.47. The molecule has 4 heteroatoms. The number of hydrogen-bond acceptors (Lipinski definition) is 3. The first kappa shape index (κ1) is 13.5. The largest absolute Gasteiger partial charge is 0.301 e. The van der Waals surface area contributed by atoms with Gasteiger partial charge in [0.2, 0.25) is 11.8 Å². The summed E-state index contributed by atoms with van der Waals surface area (Å²) in [5, 5.41) is 2.49. The maximum absolute atomic E-state index is 12.0. The Balaban J connectivity index is 2.14. The van der Waals surface area contributed by atoms with Crippen molar-refractivity contribution in [3.63, 3.8) is 0 Å². The smallest absolute Gasteiger partial charge is 0.230 e. The first-order valence-electron chi connectivity index (χ1n) is 7.06. The molecule has 0 saturated carbocycles. The van der Waals surface area contributed by atoms with Crippen LogP contribution in [0, 0.1) is 11.3 Å². The molecule has 2 aliphatic rings. The minimum atomic E-state index is -0.0808. The molecule has 18 heavy (non-hydrogen) atoms. The molecule has 1 N–H and O–H groups in total. The van der Waals surface area contributed by atoms with Gasteiger partial charge in [-0.25, -0.2) is 0 Å². The lowest BCUT2D eigenvalue weighted by Crippen LogP contribution is -2.56. The SMILES string of the molecule is CCC1C(=O)NC(=O)CC12CCN(C(C)C)CC2. The summed E-state index contributed by atoms with van der Waals surface area (Å²) in [6.07, 6.45) is 3.32. The van der Waals surface area contributed by atoms with E-state index in [4.69, 9.17) is 0 Å². The van der Waals surface area contributed by atoms with E-state index in [0.29, 0.717) is 12.5 Å². The van der Waals surface area contributed by atoms with Crippen LogP contribution < -0.4 is 5.32 Å². The summed E-state index contributed by atoms with van der Waals surface area (Å²) >= 11 is 0. The standard InChI is InChI=1S/C14H24N2O2/c1-4-11-13(18)15-12(17)9-14(11)5-7-16(8-6-14)10(2)3/h10-11H,4-9H2,1-3H3,(H,15,17,18). The van der Waals surface area contributed by atoms with Crippen LogP contribution in [0.25, 0.3) is 0 Å². The van der Waals surface area contributed by atoms with E-state index in [0.717, 1.165) is 32.4 Å². The molecule has 0 radical (unpaired) electrons. The second-order valence-electron chi connectivity index (χ2n) is 6.04. The molecule has 0 aromatic carbocycles. The normalized spacial score (nSPS) is 28.8. The van der Waals surface area contributed by atoms with Gasteiger partial charge in [0.05, 0.1) is 0 Å². The maximum atomic E-state index is 12.0. The molecule has 0 aliphatic carbocycles. The van der Waals surface area contributed by atoms with E-state index in [1.165, 1.54) is 0 Å². The van der Waals surface area contributed by atoms with Crippen LogP contribution in [0.15, 0.2) is 0 Å². The summed E-state index contributed by atoms with van der Waals surface area (Å²) in [5.74, 6) is -0.112. The fourth-order valence-corrected chi connectivity index (χ4v) is 3.62. The average Bonchev–Trinajstić information content (AvgIpc) is 2.28. The van der Waals surface area contributed by atoms with Crippen LogP contribution in [-0.4, -0.2) is 35.8 Å². The van der Waals surface area contributed by atoms with Crippen molar-refractivity contribution in [3.8, 4) is 0 Å². The lowest BCUT2D eigenvalue weighted by Gasteiger charge is -2.48. The van der Waals surface area contributed by atoms with Gasteiger partial charge >= 0.3 is 0 Å². The molecule has 4 nitrogen and oxygen atoms in total. The molecule has 0 bridgehead atoms. The number of rotatable bonds is 2. The minimum Gasteiger partial charge on any atom is -0.301 e. The highest BCUT2D eigenvalue weighted by molar-refractivity contribution is 5.99. The molecule has 102 valence electrons. The number of amides is 2. The molecule has 2 rings (SSSR count). The van der Waals surface area contributed by atoms with E-state index in [9.17, 15) is 9.59 Å². The van der Waals surface area contributed by atoms with Gasteiger partial charge in [-0.3, -0.25) is 14.9 Å². The molecule has 1 unspecified atom stereocenters. The Morgan fingerprint density at radius 2 is 1.94 bits per heavy atom. The first-order chi connectivity index (χ1) is 8.48. The second-order valence-corrected chi connectivity index (χ2v) is 6.04. The van der Waals surface area contributed by atoms with Gasteiger partial charge < -0.3 is 4.90 Å². The van der Waals surface area contributed by atoms with Gasteiger partial charge in [-0.05, 0) is 51.6 Å². The Bertz CT molecular complexity index is 344. The van der Waals surface area contributed by atoms with Gasteiger partial charge in [0.15, 0.2) is 0 Å². The van der Waals surface area contributed by atoms with Crippen molar-refractivity contribution in [1.82, 2.24) is 10.2 Å². The van der Waals surface area contributed by atoms with Crippen molar-refractivity contribution in [2.75, 3.05) is 13.1 Å². The number of imide groups is 1. The third-order valence-corrected chi connectivity index (χ3v) is 4.76. The van der Waals surface area contributed by atoms with E-state index in [1.54, 1.807) is 0 Å². The van der Waals surface area contributed by atoms with Crippen molar-refractivity contribution in [3.05, 3.63) is 0 Å². The van der Waals surface area contributed by atoms with E-state index in [1.807, 2.05) is 0 Å². The predicted octanol–water partition coefficient (Wildman–Crippen LogP) is 1.55. The predicted molar refractivity (Wildman–Crippen MR) is 69.9 cm³/mol. The summed E-state index contributed by atoms with van der Waals surface area (Å²) in [5.41, 5.74) is -0.0699. The zero-order chi connectivity index (χ0) is 13.3. The monoisotopic (exact) mass is 252 g/mol. The van der Waals surface area contributed by atoms with Crippen LogP contribution in [-0.2, 0) is 9.59 Å². The van der Waals surface area contributed by atoms with Crippen LogP contribution in [0.5, 0.6) is 0 Å². The number of nitrogens with zero attached hydrogens (tertiary/aromatic N) is 1. The highest BCUT2D eigenvalue weighted by Gasteiger charge is 2.48. The van der Waals surface area contributed by atoms with Gasteiger partial charge in [-0.1, -0.05) is 6.92 Å². The Kier molecular flexibility index (Phi) is 3.76. The van der Waals surface area contributed by atoms with E-state index < -0.39 is 0 Å². The molecule has 0 aromatic heterocycles. The van der Waals surface area contributed by atoms with Crippen LogP contribution in [0.4, 0.5) is 0 Å². The fourth-order valence-electron chi connectivity index (χ4n) is 3.62. The molecule has 1 atom stereocenters. The van der Waals surface area contributed by atoms with Crippen LogP contribution in [0.3, 0.4) is 0 Å². The van der Waals surface area contributed by atoms with E-state index in [-0.39, 0.29) is 23.1 Å². The van der Waals surface area contributed by atoms with Crippen LogP contribution in [0.1, 0.15) is 46.5 Å². The third-order valence-electron chi connectivity index (χ3n) is 4.76. The lowest BCUT2D eigenvalue weighted by atomic mass is 9.63. The van der Waals surface area contributed by atoms with Gasteiger partial charge in [-0.15, -0.1) is 0 Å². The topological polar surface area (TPSA) is 49.4 Å². The molecular weight excluding hydrogens is 228 g/mol. The van der Waals surface area contributed by atoms with Crippen molar-refractivity contribution < 1.29 is 9.59 Å². The first-order valence-corrected chi connectivity index (χ1v) is 7.06. The lowest BCUT2D eigenvalue weighted by molar-refractivity contribution is -0.146. The molecule has 2 heterocycles. The Morgan fingerprint density at radius 3 is 2.44 bits per heavy atom. The number of nitrogens with one attached hydrogen (secondary N) is 1. The quantitative estimate of drug-likeness (QED) is 0.759. The summed E-state index contributed by atoms with van der Waals surface area (Å²) in [4.78, 5) is 26.1. The van der Waals surface area contributed by atoms with Crippen molar-refractivity contribution >= 4 is 11.8 Å². The number of carbonyl (C=O) groups excluding carboxylic acids is 2. The summed E-state index contributed by atoms with van der Waals surface area (Å²) in [7, 11) is 0. The van der Waals surface area contributed by atoms with E-state index in [2.05, 4.69) is 31.0 Å². The average molecular weight is 252 g/mol. The number of piperidine rings is 2. The molecule has 0 aromatic rings. The number of carbonyl (C=O) groups is 2. The molecule has 2 aliphatic heterocycles. The molecule has 2 saturated heterocycles. The fraction of sp³-hybridized carbons (Fsp3) is 0.857. The van der Waals surface area contributed by atoms with E-state index >= 15 is 0 Å². The maximum Gasteiger partial charge on any atom is 0.230 e. The summed E-state index contributed by atoms with van der Waals surface area (Å²) < 4.78 is 0. The number of likely N-dealkylation sites (tertiary alicyclic amines) is 1. The minimum absolute atomic E-state index is 0.0181. The molecular formula is C14H24N2O2. The molecule has 1 spiro atoms. The Morgan fingerprint density at radius 1 is 1.33 bits per heavy atom. The van der Waals surface area contributed by atoms with Gasteiger partial charge in [0, 0.05) is 18.4 Å². The number of hydrogen-bond donors (Lipinski definition) is 1. The van der Waals surface area contributed by atoms with Crippen molar-refractivity contribution in [1.29, 1.82) is 0 Å². The molecule has 2 amide bonds. The molecule has 2 fully saturated rings. The Labute approximate surface area is 109 Å². The highest BCUT2D eigenvalue weighted by Crippen LogP contribution is 2.45. The third kappa shape index (κ3) is 2.30. The zero-order valence-corrected chi connectivity index (χ0v) is 11.7.